The molecule has 4 nitrogen and oxygen atoms in total. The molecular formula is C12H16N2O2S. The minimum atomic E-state index is -3.13. The van der Waals surface area contributed by atoms with Gasteiger partial charge in [-0.25, -0.2) is 8.42 Å². The number of nitrogens with one attached hydrogen (secondary N) is 1. The van der Waals surface area contributed by atoms with E-state index in [4.69, 9.17) is 5.26 Å². The SMILES string of the molecule is CCC(C#N)NCc1ccc(S(C)(=O)=O)cc1. The largest absolute Gasteiger partial charge is 0.298 e. The Morgan fingerprint density at radius 1 is 1.35 bits per heavy atom. The molecule has 92 valence electrons. The molecule has 0 aliphatic rings. The Balaban J connectivity index is 2.67. The van der Waals surface area contributed by atoms with Crippen LogP contribution in [-0.2, 0) is 16.4 Å². The summed E-state index contributed by atoms with van der Waals surface area (Å²) in [7, 11) is -3.13. The fourth-order valence-electron chi connectivity index (χ4n) is 1.38. The van der Waals surface area contributed by atoms with Gasteiger partial charge in [-0.15, -0.1) is 0 Å². The Morgan fingerprint density at radius 2 is 1.94 bits per heavy atom. The van der Waals surface area contributed by atoms with E-state index in [1.165, 1.54) is 6.26 Å². The van der Waals surface area contributed by atoms with Crippen molar-refractivity contribution >= 4 is 9.84 Å². The second kappa shape index (κ2) is 5.80. The minimum absolute atomic E-state index is 0.162. The Hall–Kier alpha value is -1.38. The zero-order chi connectivity index (χ0) is 12.9. The lowest BCUT2D eigenvalue weighted by Crippen LogP contribution is -2.26. The second-order valence-corrected chi connectivity index (χ2v) is 5.90. The van der Waals surface area contributed by atoms with Gasteiger partial charge in [-0.1, -0.05) is 19.1 Å². The van der Waals surface area contributed by atoms with Crippen molar-refractivity contribution in [2.45, 2.75) is 30.8 Å². The van der Waals surface area contributed by atoms with Crippen LogP contribution < -0.4 is 5.32 Å². The van der Waals surface area contributed by atoms with Crippen molar-refractivity contribution in [3.8, 4) is 6.07 Å². The first-order chi connectivity index (χ1) is 7.97. The highest BCUT2D eigenvalue weighted by Crippen LogP contribution is 2.10. The maximum atomic E-state index is 11.2. The van der Waals surface area contributed by atoms with Gasteiger partial charge in [-0.2, -0.15) is 5.26 Å². The van der Waals surface area contributed by atoms with Crippen LogP contribution in [0.5, 0.6) is 0 Å². The molecule has 17 heavy (non-hydrogen) atoms. The van der Waals surface area contributed by atoms with Crippen LogP contribution in [-0.4, -0.2) is 20.7 Å². The third-order valence-corrected chi connectivity index (χ3v) is 3.60. The zero-order valence-corrected chi connectivity index (χ0v) is 10.8. The first-order valence-corrected chi connectivity index (χ1v) is 7.28. The van der Waals surface area contributed by atoms with Gasteiger partial charge in [-0.3, -0.25) is 5.32 Å². The quantitative estimate of drug-likeness (QED) is 0.861. The molecule has 1 aromatic carbocycles. The molecule has 1 aromatic rings. The summed E-state index contributed by atoms with van der Waals surface area (Å²) in [6.07, 6.45) is 1.93. The molecule has 0 fully saturated rings. The molecule has 0 aliphatic carbocycles. The topological polar surface area (TPSA) is 70.0 Å². The summed E-state index contributed by atoms with van der Waals surface area (Å²) in [5, 5.41) is 11.8. The molecule has 0 saturated heterocycles. The number of benzene rings is 1. The summed E-state index contributed by atoms with van der Waals surface area (Å²) in [6, 6.07) is 8.67. The fraction of sp³-hybridized carbons (Fsp3) is 0.417. The van der Waals surface area contributed by atoms with Crippen LogP contribution in [0.1, 0.15) is 18.9 Å². The maximum absolute atomic E-state index is 11.2. The standard InChI is InChI=1S/C12H16N2O2S/c1-3-11(8-13)14-9-10-4-6-12(7-5-10)17(2,15)16/h4-7,11,14H,3,9H2,1-2H3. The van der Waals surface area contributed by atoms with E-state index in [0.29, 0.717) is 11.4 Å². The van der Waals surface area contributed by atoms with Crippen LogP contribution in [0.4, 0.5) is 0 Å². The molecule has 1 rings (SSSR count). The zero-order valence-electron chi connectivity index (χ0n) is 9.97. The summed E-state index contributed by atoms with van der Waals surface area (Å²) >= 11 is 0. The molecule has 5 heteroatoms. The first-order valence-electron chi connectivity index (χ1n) is 5.39. The summed E-state index contributed by atoms with van der Waals surface area (Å²) in [6.45, 7) is 2.50. The van der Waals surface area contributed by atoms with Crippen molar-refractivity contribution in [3.05, 3.63) is 29.8 Å². The number of sulfone groups is 1. The van der Waals surface area contributed by atoms with Crippen molar-refractivity contribution in [2.24, 2.45) is 0 Å². The van der Waals surface area contributed by atoms with Crippen molar-refractivity contribution in [1.82, 2.24) is 5.32 Å². The van der Waals surface area contributed by atoms with E-state index in [1.54, 1.807) is 24.3 Å². The van der Waals surface area contributed by atoms with Crippen molar-refractivity contribution in [3.63, 3.8) is 0 Å². The minimum Gasteiger partial charge on any atom is -0.298 e. The van der Waals surface area contributed by atoms with Gasteiger partial charge in [-0.05, 0) is 24.1 Å². The van der Waals surface area contributed by atoms with Crippen LogP contribution in [0.3, 0.4) is 0 Å². The smallest absolute Gasteiger partial charge is 0.175 e. The van der Waals surface area contributed by atoms with Gasteiger partial charge < -0.3 is 0 Å². The highest BCUT2D eigenvalue weighted by molar-refractivity contribution is 7.90. The lowest BCUT2D eigenvalue weighted by atomic mass is 10.2. The van der Waals surface area contributed by atoms with Gasteiger partial charge in [0.05, 0.1) is 17.0 Å². The Morgan fingerprint density at radius 3 is 2.35 bits per heavy atom. The Bertz CT molecular complexity index is 500. The van der Waals surface area contributed by atoms with Gasteiger partial charge in [0.2, 0.25) is 0 Å². The van der Waals surface area contributed by atoms with Crippen molar-refractivity contribution in [2.75, 3.05) is 6.26 Å². The van der Waals surface area contributed by atoms with E-state index in [-0.39, 0.29) is 6.04 Å². The maximum Gasteiger partial charge on any atom is 0.175 e. The van der Waals surface area contributed by atoms with Crippen LogP contribution >= 0.6 is 0 Å². The molecule has 1 atom stereocenters. The average Bonchev–Trinajstić information content (AvgIpc) is 2.30. The number of hydrogen-bond donors (Lipinski definition) is 1. The van der Waals surface area contributed by atoms with Crippen LogP contribution in [0.15, 0.2) is 29.2 Å². The summed E-state index contributed by atoms with van der Waals surface area (Å²) < 4.78 is 22.5. The molecule has 0 saturated carbocycles. The van der Waals surface area contributed by atoms with E-state index in [9.17, 15) is 8.42 Å². The molecule has 0 aromatic heterocycles. The molecule has 0 amide bonds. The molecular weight excluding hydrogens is 236 g/mol. The van der Waals surface area contributed by atoms with Crippen LogP contribution in [0, 0.1) is 11.3 Å². The van der Waals surface area contributed by atoms with Gasteiger partial charge in [0.1, 0.15) is 0 Å². The van der Waals surface area contributed by atoms with E-state index in [1.807, 2.05) is 6.92 Å². The number of nitrogens with zero attached hydrogens (tertiary/aromatic N) is 1. The molecule has 1 N–H and O–H groups in total. The lowest BCUT2D eigenvalue weighted by molar-refractivity contribution is 0.586. The van der Waals surface area contributed by atoms with E-state index >= 15 is 0 Å². The van der Waals surface area contributed by atoms with Gasteiger partial charge in [0.15, 0.2) is 9.84 Å². The molecule has 0 spiro atoms. The average molecular weight is 252 g/mol. The van der Waals surface area contributed by atoms with Crippen molar-refractivity contribution in [1.29, 1.82) is 5.26 Å². The number of nitriles is 1. The highest BCUT2D eigenvalue weighted by atomic mass is 32.2. The molecule has 0 radical (unpaired) electrons. The molecule has 0 heterocycles. The van der Waals surface area contributed by atoms with E-state index in [2.05, 4.69) is 11.4 Å². The predicted molar refractivity (Wildman–Crippen MR) is 66.1 cm³/mol. The first kappa shape index (κ1) is 13.7. The van der Waals surface area contributed by atoms with Crippen LogP contribution in [0.25, 0.3) is 0 Å². The number of hydrogen-bond acceptors (Lipinski definition) is 4. The Labute approximate surface area is 102 Å². The van der Waals surface area contributed by atoms with Gasteiger partial charge >= 0.3 is 0 Å². The lowest BCUT2D eigenvalue weighted by Gasteiger charge is -2.09. The Kier molecular flexibility index (Phi) is 4.67. The third kappa shape index (κ3) is 4.17. The van der Waals surface area contributed by atoms with Crippen molar-refractivity contribution < 1.29 is 8.42 Å². The second-order valence-electron chi connectivity index (χ2n) is 3.89. The summed E-state index contributed by atoms with van der Waals surface area (Å²) in [5.74, 6) is 0. The van der Waals surface area contributed by atoms with Crippen LogP contribution in [0.2, 0.25) is 0 Å². The van der Waals surface area contributed by atoms with E-state index < -0.39 is 9.84 Å². The monoisotopic (exact) mass is 252 g/mol. The van der Waals surface area contributed by atoms with Gasteiger partial charge in [0, 0.05) is 12.8 Å². The summed E-state index contributed by atoms with van der Waals surface area (Å²) in [5.41, 5.74) is 0.964. The number of rotatable bonds is 5. The molecule has 0 aliphatic heterocycles. The molecule has 1 unspecified atom stereocenters. The summed E-state index contributed by atoms with van der Waals surface area (Å²) in [4.78, 5) is 0.313. The highest BCUT2D eigenvalue weighted by Gasteiger charge is 2.07. The van der Waals surface area contributed by atoms with Gasteiger partial charge in [0.25, 0.3) is 0 Å². The molecule has 0 bridgehead atoms. The third-order valence-electron chi connectivity index (χ3n) is 2.47. The normalized spacial score (nSPS) is 13.0. The predicted octanol–water partition coefficient (Wildman–Crippen LogP) is 1.48. The van der Waals surface area contributed by atoms with E-state index in [0.717, 1.165) is 12.0 Å². The fourth-order valence-corrected chi connectivity index (χ4v) is 2.01.